The van der Waals surface area contributed by atoms with Gasteiger partial charge < -0.3 is 19.0 Å². The third-order valence-electron chi connectivity index (χ3n) is 8.81. The van der Waals surface area contributed by atoms with Crippen LogP contribution in [0.15, 0.2) is 67.1 Å². The van der Waals surface area contributed by atoms with Gasteiger partial charge in [-0.15, -0.1) is 0 Å². The summed E-state index contributed by atoms with van der Waals surface area (Å²) in [5, 5.41) is 18.6. The number of nitrogens with zero attached hydrogens (tertiary/aromatic N) is 7. The zero-order valence-corrected chi connectivity index (χ0v) is 24.1. The number of halogens is 1. The summed E-state index contributed by atoms with van der Waals surface area (Å²) in [4.78, 5) is 28.1. The lowest BCUT2D eigenvalue weighted by molar-refractivity contribution is 0.0697. The molecule has 10 nitrogen and oxygen atoms in total. The molecule has 1 N–H and O–H groups in total. The van der Waals surface area contributed by atoms with Crippen LogP contribution < -0.4 is 4.74 Å². The molecule has 0 bridgehead atoms. The van der Waals surface area contributed by atoms with E-state index < -0.39 is 11.8 Å². The first-order chi connectivity index (χ1) is 21.4. The lowest BCUT2D eigenvalue weighted by Gasteiger charge is -2.20. The van der Waals surface area contributed by atoms with Crippen molar-refractivity contribution in [2.45, 2.75) is 39.1 Å². The van der Waals surface area contributed by atoms with Crippen LogP contribution in [-0.4, -0.2) is 53.2 Å². The Bertz CT molecular complexity index is 1910. The van der Waals surface area contributed by atoms with Crippen molar-refractivity contribution in [2.75, 3.05) is 13.1 Å². The van der Waals surface area contributed by atoms with E-state index in [1.807, 2.05) is 30.7 Å². The number of nitriles is 1. The van der Waals surface area contributed by atoms with E-state index in [2.05, 4.69) is 25.9 Å². The Morgan fingerprint density at radius 2 is 1.95 bits per heavy atom. The van der Waals surface area contributed by atoms with Crippen LogP contribution >= 0.6 is 0 Å². The van der Waals surface area contributed by atoms with Gasteiger partial charge in [-0.2, -0.15) is 5.26 Å². The second kappa shape index (κ2) is 11.2. The minimum Gasteiger partial charge on any atom is -0.478 e. The lowest BCUT2D eigenvalue weighted by Crippen LogP contribution is -2.26. The molecule has 11 heteroatoms. The highest BCUT2D eigenvalue weighted by molar-refractivity contribution is 5.92. The van der Waals surface area contributed by atoms with Crippen LogP contribution in [0.1, 0.15) is 51.5 Å². The molecule has 1 saturated heterocycles. The van der Waals surface area contributed by atoms with E-state index >= 15 is 0 Å². The van der Waals surface area contributed by atoms with Crippen LogP contribution in [0.5, 0.6) is 5.88 Å². The Hall–Kier alpha value is -5.08. The van der Waals surface area contributed by atoms with Crippen molar-refractivity contribution in [1.29, 1.82) is 5.26 Å². The van der Waals surface area contributed by atoms with E-state index in [1.54, 1.807) is 36.4 Å². The quantitative estimate of drug-likeness (QED) is 0.245. The van der Waals surface area contributed by atoms with Crippen molar-refractivity contribution in [2.24, 2.45) is 11.8 Å². The van der Waals surface area contributed by atoms with Crippen LogP contribution in [0.2, 0.25) is 0 Å². The number of hydrogen-bond donors (Lipinski definition) is 1. The summed E-state index contributed by atoms with van der Waals surface area (Å²) in [6.07, 6.45) is 3.66. The summed E-state index contributed by atoms with van der Waals surface area (Å²) in [7, 11) is 0. The smallest absolute Gasteiger partial charge is 0.335 e. The zero-order chi connectivity index (χ0) is 30.4. The molecule has 4 heterocycles. The summed E-state index contributed by atoms with van der Waals surface area (Å²) in [6.45, 7) is 5.93. The summed E-state index contributed by atoms with van der Waals surface area (Å²) in [5.41, 5.74) is 4.48. The Balaban J connectivity index is 1.04. The molecular weight excluding hydrogens is 561 g/mol. The number of aryl methyl sites for hydroxylation is 1. The molecule has 2 aliphatic rings. The number of carboxylic acids is 1. The molecule has 5 aromatic rings. The van der Waals surface area contributed by atoms with Gasteiger partial charge in [0.2, 0.25) is 5.88 Å². The number of aromatic nitrogens is 5. The third kappa shape index (κ3) is 5.18. The summed E-state index contributed by atoms with van der Waals surface area (Å²) in [6, 6.07) is 17.1. The van der Waals surface area contributed by atoms with E-state index in [1.165, 1.54) is 6.07 Å². The van der Waals surface area contributed by atoms with E-state index in [0.717, 1.165) is 47.9 Å². The van der Waals surface area contributed by atoms with Gasteiger partial charge in [-0.1, -0.05) is 12.1 Å². The van der Waals surface area contributed by atoms with Gasteiger partial charge >= 0.3 is 5.97 Å². The fraction of sp³-hybridized carbons (Fsp3) is 0.303. The van der Waals surface area contributed by atoms with Crippen molar-refractivity contribution in [1.82, 2.24) is 29.0 Å². The predicted molar refractivity (Wildman–Crippen MR) is 158 cm³/mol. The monoisotopic (exact) mass is 591 g/mol. The number of carboxylic acid groups (broad SMARTS) is 1. The van der Waals surface area contributed by atoms with Crippen molar-refractivity contribution < 1.29 is 19.0 Å². The summed E-state index contributed by atoms with van der Waals surface area (Å²) in [5.74, 6) is 1.22. The Labute approximate surface area is 253 Å². The van der Waals surface area contributed by atoms with Crippen LogP contribution in [0, 0.1) is 29.0 Å². The number of benzene rings is 2. The maximum atomic E-state index is 14.3. The fourth-order valence-corrected chi connectivity index (χ4v) is 6.49. The molecule has 2 fully saturated rings. The molecule has 0 spiro atoms. The molecule has 2 aromatic carbocycles. The van der Waals surface area contributed by atoms with Crippen LogP contribution in [0.3, 0.4) is 0 Å². The van der Waals surface area contributed by atoms with Gasteiger partial charge in [-0.25, -0.2) is 24.1 Å². The summed E-state index contributed by atoms with van der Waals surface area (Å²) < 4.78 is 24.3. The number of rotatable bonds is 10. The first-order valence-electron chi connectivity index (χ1n) is 14.6. The maximum Gasteiger partial charge on any atom is 0.335 e. The molecule has 44 heavy (non-hydrogen) atoms. The standard InChI is InChI=1S/C33H30FN7O3/c1-2-40-19-36-13-23(40)14-41-29-11-21(33(42)43)8-9-27(29)37-30(41)17-39-15-24-25(16-39)32(24)28-4-3-5-31(38-28)44-18-22-7-6-20(12-35)10-26(22)34/h3-11,13,19,24-25,32H,2,14-18H2,1H3,(H,42,43)/t24-,25+,32?. The van der Waals surface area contributed by atoms with Gasteiger partial charge in [-0.05, 0) is 55.2 Å². The van der Waals surface area contributed by atoms with E-state index in [4.69, 9.17) is 20.0 Å². The first-order valence-corrected chi connectivity index (χ1v) is 14.6. The topological polar surface area (TPSA) is 122 Å². The van der Waals surface area contributed by atoms with Crippen LogP contribution in [0.4, 0.5) is 4.39 Å². The molecule has 1 aliphatic heterocycles. The number of fused-ring (bicyclic) bond motifs is 2. The minimum absolute atomic E-state index is 0.0350. The first kappa shape index (κ1) is 27.7. The number of ether oxygens (including phenoxy) is 1. The summed E-state index contributed by atoms with van der Waals surface area (Å²) >= 11 is 0. The Kier molecular flexibility index (Phi) is 7.06. The number of piperidine rings is 1. The highest BCUT2D eigenvalue weighted by Gasteiger charge is 2.57. The lowest BCUT2D eigenvalue weighted by atomic mass is 10.1. The van der Waals surface area contributed by atoms with E-state index in [9.17, 15) is 14.3 Å². The van der Waals surface area contributed by atoms with Gasteiger partial charge in [0.1, 0.15) is 18.2 Å². The molecule has 1 unspecified atom stereocenters. The van der Waals surface area contributed by atoms with Crippen molar-refractivity contribution >= 4 is 17.0 Å². The molecule has 222 valence electrons. The van der Waals surface area contributed by atoms with Crippen molar-refractivity contribution in [3.8, 4) is 11.9 Å². The SMILES string of the molecule is CCn1cncc1Cn1c(CN2C[C@@H]3C(c4cccc(OCc5ccc(C#N)cc5F)n4)[C@@H]3C2)nc2ccc(C(=O)O)cc21. The molecule has 7 rings (SSSR count). The Morgan fingerprint density at radius 3 is 2.70 bits per heavy atom. The molecule has 3 aromatic heterocycles. The number of hydrogen-bond acceptors (Lipinski definition) is 7. The molecule has 0 radical (unpaired) electrons. The molecule has 1 saturated carbocycles. The highest BCUT2D eigenvalue weighted by atomic mass is 19.1. The van der Waals surface area contributed by atoms with Gasteiger partial charge in [0.25, 0.3) is 0 Å². The van der Waals surface area contributed by atoms with Gasteiger partial charge in [-0.3, -0.25) is 4.90 Å². The number of likely N-dealkylation sites (tertiary alicyclic amines) is 1. The third-order valence-corrected chi connectivity index (χ3v) is 8.81. The molecular formula is C33H30FN7O3. The van der Waals surface area contributed by atoms with Crippen LogP contribution in [0.25, 0.3) is 11.0 Å². The minimum atomic E-state index is -0.963. The highest BCUT2D eigenvalue weighted by Crippen LogP contribution is 2.58. The van der Waals surface area contributed by atoms with Crippen molar-refractivity contribution in [3.63, 3.8) is 0 Å². The normalized spacial score (nSPS) is 19.2. The zero-order valence-electron chi connectivity index (χ0n) is 24.1. The number of imidazole rings is 2. The molecule has 1 aliphatic carbocycles. The number of pyridine rings is 1. The van der Waals surface area contributed by atoms with E-state index in [-0.39, 0.29) is 17.7 Å². The average molecular weight is 592 g/mol. The Morgan fingerprint density at radius 1 is 1.11 bits per heavy atom. The molecule has 0 amide bonds. The second-order valence-electron chi connectivity index (χ2n) is 11.4. The number of carbonyl (C=O) groups is 1. The van der Waals surface area contributed by atoms with E-state index in [0.29, 0.717) is 42.3 Å². The number of aromatic carboxylic acids is 1. The van der Waals surface area contributed by atoms with Crippen molar-refractivity contribution in [3.05, 3.63) is 107 Å². The predicted octanol–water partition coefficient (Wildman–Crippen LogP) is 4.83. The molecule has 3 atom stereocenters. The second-order valence-corrected chi connectivity index (χ2v) is 11.4. The van der Waals surface area contributed by atoms with Gasteiger partial charge in [0, 0.05) is 49.1 Å². The van der Waals surface area contributed by atoms with Crippen LogP contribution in [-0.2, 0) is 26.2 Å². The largest absolute Gasteiger partial charge is 0.478 e. The maximum absolute atomic E-state index is 14.3. The van der Waals surface area contributed by atoms with Gasteiger partial charge in [0.05, 0.1) is 53.3 Å². The van der Waals surface area contributed by atoms with Gasteiger partial charge in [0.15, 0.2) is 0 Å². The average Bonchev–Trinajstić information content (AvgIpc) is 3.35. The fourth-order valence-electron chi connectivity index (χ4n) is 6.49.